The van der Waals surface area contributed by atoms with Crippen LogP contribution >= 0.6 is 15.9 Å². The van der Waals surface area contributed by atoms with Gasteiger partial charge in [-0.25, -0.2) is 0 Å². The molecule has 0 fully saturated rings. The first-order valence-electron chi connectivity index (χ1n) is 5.30. The van der Waals surface area contributed by atoms with Crippen molar-refractivity contribution in [2.24, 2.45) is 0 Å². The van der Waals surface area contributed by atoms with Crippen molar-refractivity contribution in [3.05, 3.63) is 58.1 Å². The van der Waals surface area contributed by atoms with Gasteiger partial charge in [0.25, 0.3) is 0 Å². The summed E-state index contributed by atoms with van der Waals surface area (Å²) in [6.45, 7) is 0. The van der Waals surface area contributed by atoms with Gasteiger partial charge in [-0.1, -0.05) is 30.3 Å². The summed E-state index contributed by atoms with van der Waals surface area (Å²) < 4.78 is 5.66. The first-order valence-corrected chi connectivity index (χ1v) is 6.09. The SMILES string of the molecule is COc1c(Br)ccc(C(=O)c2ccccc2)c1O. The van der Waals surface area contributed by atoms with Crippen molar-refractivity contribution in [3.63, 3.8) is 0 Å². The van der Waals surface area contributed by atoms with Crippen molar-refractivity contribution in [1.82, 2.24) is 0 Å². The Hall–Kier alpha value is -1.81. The molecule has 4 heteroatoms. The van der Waals surface area contributed by atoms with Gasteiger partial charge in [0.1, 0.15) is 0 Å². The predicted molar refractivity (Wildman–Crippen MR) is 72.2 cm³/mol. The van der Waals surface area contributed by atoms with Crippen LogP contribution in [-0.2, 0) is 0 Å². The minimum Gasteiger partial charge on any atom is -0.504 e. The van der Waals surface area contributed by atoms with Gasteiger partial charge < -0.3 is 9.84 Å². The third kappa shape index (κ3) is 2.24. The lowest BCUT2D eigenvalue weighted by Crippen LogP contribution is -2.02. The fourth-order valence-corrected chi connectivity index (χ4v) is 2.15. The molecule has 0 saturated carbocycles. The molecule has 0 aliphatic heterocycles. The molecule has 0 aliphatic rings. The summed E-state index contributed by atoms with van der Waals surface area (Å²) in [4.78, 5) is 12.2. The van der Waals surface area contributed by atoms with Crippen LogP contribution in [0.1, 0.15) is 15.9 Å². The zero-order valence-corrected chi connectivity index (χ0v) is 11.3. The lowest BCUT2D eigenvalue weighted by atomic mass is 10.0. The van der Waals surface area contributed by atoms with Crippen LogP contribution in [0.4, 0.5) is 0 Å². The fraction of sp³-hybridized carbons (Fsp3) is 0.0714. The number of carbonyl (C=O) groups is 1. The third-order valence-electron chi connectivity index (χ3n) is 2.57. The molecule has 0 amide bonds. The van der Waals surface area contributed by atoms with Gasteiger partial charge in [-0.05, 0) is 28.1 Å². The number of carbonyl (C=O) groups excluding carboxylic acids is 1. The van der Waals surface area contributed by atoms with E-state index in [-0.39, 0.29) is 22.8 Å². The van der Waals surface area contributed by atoms with E-state index in [2.05, 4.69) is 15.9 Å². The maximum Gasteiger partial charge on any atom is 0.196 e. The van der Waals surface area contributed by atoms with Crippen LogP contribution in [0.5, 0.6) is 11.5 Å². The average Bonchev–Trinajstić information content (AvgIpc) is 2.40. The summed E-state index contributed by atoms with van der Waals surface area (Å²) in [6, 6.07) is 12.0. The molecule has 0 atom stereocenters. The van der Waals surface area contributed by atoms with E-state index in [0.717, 1.165) is 0 Å². The summed E-state index contributed by atoms with van der Waals surface area (Å²) in [5.74, 6) is -0.128. The largest absolute Gasteiger partial charge is 0.504 e. The van der Waals surface area contributed by atoms with Gasteiger partial charge >= 0.3 is 0 Å². The molecule has 0 spiro atoms. The molecule has 0 radical (unpaired) electrons. The van der Waals surface area contributed by atoms with Gasteiger partial charge in [0.15, 0.2) is 17.3 Å². The van der Waals surface area contributed by atoms with Crippen LogP contribution in [0.3, 0.4) is 0 Å². The molecular weight excluding hydrogens is 296 g/mol. The minimum absolute atomic E-state index is 0.152. The maximum atomic E-state index is 12.2. The van der Waals surface area contributed by atoms with Crippen molar-refractivity contribution >= 4 is 21.7 Å². The molecule has 0 aromatic heterocycles. The predicted octanol–water partition coefficient (Wildman–Crippen LogP) is 3.39. The van der Waals surface area contributed by atoms with Crippen LogP contribution in [0.15, 0.2) is 46.9 Å². The number of rotatable bonds is 3. The number of methoxy groups -OCH3 is 1. The maximum absolute atomic E-state index is 12.2. The normalized spacial score (nSPS) is 10.1. The monoisotopic (exact) mass is 306 g/mol. The topological polar surface area (TPSA) is 46.5 Å². The molecule has 3 nitrogen and oxygen atoms in total. The van der Waals surface area contributed by atoms with Crippen molar-refractivity contribution in [2.75, 3.05) is 7.11 Å². The third-order valence-corrected chi connectivity index (χ3v) is 3.19. The van der Waals surface area contributed by atoms with E-state index >= 15 is 0 Å². The van der Waals surface area contributed by atoms with Crippen LogP contribution < -0.4 is 4.74 Å². The second-order valence-corrected chi connectivity index (χ2v) is 4.53. The highest BCUT2D eigenvalue weighted by Crippen LogP contribution is 2.37. The molecular formula is C14H11BrO3. The highest BCUT2D eigenvalue weighted by atomic mass is 79.9. The average molecular weight is 307 g/mol. The lowest BCUT2D eigenvalue weighted by molar-refractivity contribution is 0.103. The Balaban J connectivity index is 2.50. The highest BCUT2D eigenvalue weighted by molar-refractivity contribution is 9.10. The molecule has 0 heterocycles. The molecule has 0 saturated heterocycles. The number of hydrogen-bond acceptors (Lipinski definition) is 3. The molecule has 1 N–H and O–H groups in total. The summed E-state index contributed by atoms with van der Waals surface area (Å²) in [5, 5.41) is 10.0. The van der Waals surface area contributed by atoms with E-state index in [9.17, 15) is 9.90 Å². The number of phenols is 1. The van der Waals surface area contributed by atoms with Crippen LogP contribution in [0, 0.1) is 0 Å². The zero-order chi connectivity index (χ0) is 13.1. The minimum atomic E-state index is -0.237. The van der Waals surface area contributed by atoms with E-state index in [4.69, 9.17) is 4.74 Å². The molecule has 2 aromatic rings. The number of hydrogen-bond donors (Lipinski definition) is 1. The van der Waals surface area contributed by atoms with Gasteiger partial charge in [-0.2, -0.15) is 0 Å². The quantitative estimate of drug-likeness (QED) is 0.884. The molecule has 0 bridgehead atoms. The molecule has 92 valence electrons. The van der Waals surface area contributed by atoms with E-state index in [0.29, 0.717) is 10.0 Å². The molecule has 18 heavy (non-hydrogen) atoms. The Bertz CT molecular complexity index is 579. The Morgan fingerprint density at radius 2 is 1.83 bits per heavy atom. The molecule has 0 aliphatic carbocycles. The smallest absolute Gasteiger partial charge is 0.196 e. The first kappa shape index (κ1) is 12.6. The number of halogens is 1. The summed E-state index contributed by atoms with van der Waals surface area (Å²) >= 11 is 3.25. The lowest BCUT2D eigenvalue weighted by Gasteiger charge is -2.10. The Morgan fingerprint density at radius 1 is 1.17 bits per heavy atom. The summed E-state index contributed by atoms with van der Waals surface area (Å²) in [6.07, 6.45) is 0. The van der Waals surface area contributed by atoms with Crippen molar-refractivity contribution in [1.29, 1.82) is 0 Å². The standard InChI is InChI=1S/C14H11BrO3/c1-18-14-11(15)8-7-10(13(14)17)12(16)9-5-3-2-4-6-9/h2-8,17H,1H3. The van der Waals surface area contributed by atoms with Crippen molar-refractivity contribution in [3.8, 4) is 11.5 Å². The Morgan fingerprint density at radius 3 is 2.44 bits per heavy atom. The molecule has 0 unspecified atom stereocenters. The zero-order valence-electron chi connectivity index (χ0n) is 9.68. The molecule has 2 rings (SSSR count). The number of phenolic OH excluding ortho intramolecular Hbond substituents is 1. The summed E-state index contributed by atoms with van der Waals surface area (Å²) in [7, 11) is 1.44. The van der Waals surface area contributed by atoms with Crippen LogP contribution in [0.25, 0.3) is 0 Å². The number of benzene rings is 2. The second kappa shape index (κ2) is 5.23. The fourth-order valence-electron chi connectivity index (χ4n) is 1.67. The Kier molecular flexibility index (Phi) is 3.67. The van der Waals surface area contributed by atoms with E-state index in [1.165, 1.54) is 7.11 Å². The van der Waals surface area contributed by atoms with Crippen molar-refractivity contribution in [2.45, 2.75) is 0 Å². The number of ketones is 1. The Labute approximate surface area is 113 Å². The van der Waals surface area contributed by atoms with Crippen LogP contribution in [-0.4, -0.2) is 18.0 Å². The molecule has 2 aromatic carbocycles. The van der Waals surface area contributed by atoms with E-state index in [1.807, 2.05) is 6.07 Å². The van der Waals surface area contributed by atoms with Gasteiger partial charge in [0, 0.05) is 5.56 Å². The van der Waals surface area contributed by atoms with E-state index < -0.39 is 0 Å². The van der Waals surface area contributed by atoms with E-state index in [1.54, 1.807) is 36.4 Å². The van der Waals surface area contributed by atoms with Gasteiger partial charge in [-0.15, -0.1) is 0 Å². The first-order chi connectivity index (χ1) is 8.65. The number of ether oxygens (including phenoxy) is 1. The summed E-state index contributed by atoms with van der Waals surface area (Å²) in [5.41, 5.74) is 0.749. The van der Waals surface area contributed by atoms with Crippen LogP contribution in [0.2, 0.25) is 0 Å². The number of aromatic hydroxyl groups is 1. The van der Waals surface area contributed by atoms with Gasteiger partial charge in [0.2, 0.25) is 0 Å². The highest BCUT2D eigenvalue weighted by Gasteiger charge is 2.18. The van der Waals surface area contributed by atoms with Crippen molar-refractivity contribution < 1.29 is 14.6 Å². The second-order valence-electron chi connectivity index (χ2n) is 3.67. The van der Waals surface area contributed by atoms with Gasteiger partial charge in [0.05, 0.1) is 17.1 Å². The van der Waals surface area contributed by atoms with Gasteiger partial charge in [-0.3, -0.25) is 4.79 Å².